The largest absolute Gasteiger partial charge is 0.463 e. The molecule has 0 amide bonds. The maximum Gasteiger partial charge on any atom is 0.305 e. The summed E-state index contributed by atoms with van der Waals surface area (Å²) in [6.45, 7) is 82.4. The van der Waals surface area contributed by atoms with E-state index in [0.29, 0.717) is 24.9 Å². The van der Waals surface area contributed by atoms with Crippen molar-refractivity contribution < 1.29 is 40.5 Å². The molecule has 1 saturated carbocycles. The molecular weight excluding hydrogens is 1210 g/mol. The summed E-state index contributed by atoms with van der Waals surface area (Å²) in [4.78, 5) is 15.6. The zero-order valence-corrected chi connectivity index (χ0v) is 71.2. The maximum absolute atomic E-state index is 14.3. The summed E-state index contributed by atoms with van der Waals surface area (Å²) in [5.74, 6) is 0.507. The fraction of sp³-hybridized carbons (Fsp3) is 0.871. The molecule has 17 heteroatoms. The number of carbonyl (C=O) groups excluding carboxylic acids is 1. The average Bonchev–Trinajstić information content (AvgIpc) is 2.22. The third-order valence-corrected chi connectivity index (χ3v) is 55.9. The monoisotopic (exact) mass is 1350 g/mol. The average molecular weight is 1350 g/mol. The van der Waals surface area contributed by atoms with Crippen LogP contribution in [0.1, 0.15) is 214 Å². The second-order valence-electron chi connectivity index (χ2n) is 37.4. The molecule has 0 aliphatic heterocycles. The van der Waals surface area contributed by atoms with E-state index in [1.165, 1.54) is 15.0 Å². The van der Waals surface area contributed by atoms with Crippen molar-refractivity contribution in [3.63, 3.8) is 0 Å². The number of carbonyl (C=O) groups is 1. The highest BCUT2D eigenvalue weighted by molar-refractivity contribution is 7.19. The van der Waals surface area contributed by atoms with E-state index in [1.54, 1.807) is 0 Å². The highest BCUT2D eigenvalue weighted by Crippen LogP contribution is 2.52. The van der Waals surface area contributed by atoms with Crippen molar-refractivity contribution >= 4 is 85.6 Å². The lowest BCUT2D eigenvalue weighted by Crippen LogP contribution is -2.60. The van der Waals surface area contributed by atoms with Crippen LogP contribution in [0.3, 0.4) is 0 Å². The van der Waals surface area contributed by atoms with Crippen LogP contribution in [0.15, 0.2) is 30.3 Å². The predicted octanol–water partition coefficient (Wildman–Crippen LogP) is 23.2. The number of esters is 1. The Bertz CT molecular complexity index is 2420. The van der Waals surface area contributed by atoms with E-state index in [0.717, 1.165) is 51.4 Å². The molecule has 508 valence electrons. The molecule has 8 atom stereocenters. The van der Waals surface area contributed by atoms with Gasteiger partial charge in [-0.15, -0.1) is 11.3 Å². The van der Waals surface area contributed by atoms with Gasteiger partial charge in [-0.25, -0.2) is 0 Å². The molecule has 1 aliphatic rings. The fourth-order valence-corrected chi connectivity index (χ4v) is 20.0. The summed E-state index contributed by atoms with van der Waals surface area (Å²) < 4.78 is 60.4. The third-order valence-electron chi connectivity index (χ3n) is 23.2. The van der Waals surface area contributed by atoms with Gasteiger partial charge in [-0.2, -0.15) is 0 Å². The van der Waals surface area contributed by atoms with Gasteiger partial charge in [0.25, 0.3) is 0 Å². The summed E-state index contributed by atoms with van der Waals surface area (Å²) in [5.41, 5.74) is 0. The van der Waals surface area contributed by atoms with Gasteiger partial charge in [0.2, 0.25) is 0 Å². The lowest BCUT2D eigenvalue weighted by atomic mass is 9.84. The summed E-state index contributed by atoms with van der Waals surface area (Å²) >= 11 is 1.91. The number of unbranched alkanes of at least 4 members (excludes halogenated alkanes) is 3. The molecule has 0 radical (unpaired) electrons. The van der Waals surface area contributed by atoms with Crippen molar-refractivity contribution in [2.75, 3.05) is 13.2 Å². The lowest BCUT2D eigenvalue weighted by molar-refractivity contribution is -0.150. The Labute approximate surface area is 549 Å². The minimum Gasteiger partial charge on any atom is -0.463 e. The summed E-state index contributed by atoms with van der Waals surface area (Å²) in [7, 11) is -16.0. The van der Waals surface area contributed by atoms with E-state index in [-0.39, 0.29) is 66.2 Å². The molecule has 0 saturated heterocycles. The smallest absolute Gasteiger partial charge is 0.305 e. The van der Waals surface area contributed by atoms with Crippen molar-refractivity contribution in [2.45, 2.75) is 367 Å². The molecule has 1 heterocycles. The van der Waals surface area contributed by atoms with Gasteiger partial charge in [0.1, 0.15) is 18.8 Å². The first-order valence-corrected chi connectivity index (χ1v) is 55.2. The van der Waals surface area contributed by atoms with Crippen LogP contribution in [0.4, 0.5) is 0 Å². The van der Waals surface area contributed by atoms with E-state index < -0.39 is 76.5 Å². The van der Waals surface area contributed by atoms with Crippen LogP contribution in [-0.2, 0) is 40.5 Å². The Hall–Kier alpha value is -0.112. The maximum atomic E-state index is 14.3. The molecule has 87 heavy (non-hydrogen) atoms. The molecule has 3 rings (SSSR count). The zero-order chi connectivity index (χ0) is 67.6. The summed E-state index contributed by atoms with van der Waals surface area (Å²) in [6, 6.07) is 11.2. The van der Waals surface area contributed by atoms with Crippen LogP contribution in [0, 0.1) is 11.8 Å². The van der Waals surface area contributed by atoms with Crippen LogP contribution >= 0.6 is 11.3 Å². The Morgan fingerprint density at radius 3 is 1.30 bits per heavy atom. The molecular formula is C70H140O9SSi7. The van der Waals surface area contributed by atoms with Gasteiger partial charge in [0.05, 0.1) is 31.0 Å². The minimum absolute atomic E-state index is 0.00511. The second-order valence-corrected chi connectivity index (χ2v) is 71.9. The number of hydrogen-bond donors (Lipinski definition) is 0. The molecule has 1 aromatic carbocycles. The number of thiophene rings is 1. The standard InChI is InChI=1S/C70H140O9SSi7/c1-64(2,3)81(22,23)73-51-59(78-86(32,33)69(16,17)18)63(79-87(34,35)70(19,20)21)58(77-85(30,31)68(13,14)15)50-72-62(71)45-39-37-36-38-43-53-54(57(76-84(28,29)67(10,11)12)49-56(53)75-83(26,27)66(7,8)9)46-47-55(74-82(24,25)65(4,5)6)61-48-52-42-40-41-44-60(52)80-61/h40-42,44,48,53-59,63H,36-39,43,45-47,49-51H2,1-35H3/t53-,54-,55-,56+,57+,58-,59+,63+/m1/s1. The highest BCUT2D eigenvalue weighted by atomic mass is 32.1. The normalized spacial score (nSPS) is 20.5. The number of benzene rings is 1. The molecule has 9 nitrogen and oxygen atoms in total. The first kappa shape index (κ1) is 81.1. The molecule has 1 fully saturated rings. The minimum atomic E-state index is -2.47. The van der Waals surface area contributed by atoms with Gasteiger partial charge in [-0.05, 0) is 188 Å². The van der Waals surface area contributed by atoms with E-state index in [9.17, 15) is 4.79 Å². The van der Waals surface area contributed by atoms with Gasteiger partial charge in [0, 0.05) is 16.0 Å². The predicted molar refractivity (Wildman–Crippen MR) is 396 cm³/mol. The molecule has 0 N–H and O–H groups in total. The van der Waals surface area contributed by atoms with Gasteiger partial charge in [0.15, 0.2) is 58.2 Å². The Balaban J connectivity index is 2.02. The lowest BCUT2D eigenvalue weighted by Gasteiger charge is -2.49. The summed E-state index contributed by atoms with van der Waals surface area (Å²) in [6.07, 6.45) is 6.93. The van der Waals surface area contributed by atoms with E-state index in [2.05, 4.69) is 267 Å². The zero-order valence-electron chi connectivity index (χ0n) is 63.4. The van der Waals surface area contributed by atoms with Gasteiger partial charge >= 0.3 is 5.97 Å². The van der Waals surface area contributed by atoms with Gasteiger partial charge in [-0.3, -0.25) is 4.79 Å². The van der Waals surface area contributed by atoms with E-state index in [1.807, 2.05) is 11.3 Å². The number of rotatable bonds is 30. The molecule has 2 aromatic rings. The number of ether oxygens (including phenoxy) is 1. The first-order valence-electron chi connectivity index (χ1n) is 34.1. The van der Waals surface area contributed by atoms with Crippen LogP contribution in [0.2, 0.25) is 127 Å². The number of fused-ring (bicyclic) bond motifs is 1. The van der Waals surface area contributed by atoms with Crippen molar-refractivity contribution in [1.29, 1.82) is 0 Å². The summed E-state index contributed by atoms with van der Waals surface area (Å²) in [5, 5.41) is 1.30. The molecule has 0 spiro atoms. The van der Waals surface area contributed by atoms with Crippen molar-refractivity contribution in [3.8, 4) is 0 Å². The highest BCUT2D eigenvalue weighted by Gasteiger charge is 2.54. The van der Waals surface area contributed by atoms with Crippen LogP contribution < -0.4 is 0 Å². The Morgan fingerprint density at radius 2 is 0.862 bits per heavy atom. The van der Waals surface area contributed by atoms with Crippen LogP contribution in [0.25, 0.3) is 10.1 Å². The van der Waals surface area contributed by atoms with Crippen molar-refractivity contribution in [3.05, 3.63) is 35.2 Å². The Kier molecular flexibility index (Phi) is 27.5. The van der Waals surface area contributed by atoms with Crippen molar-refractivity contribution in [1.82, 2.24) is 0 Å². The fourth-order valence-electron chi connectivity index (χ4n) is 9.78. The number of hydrogen-bond acceptors (Lipinski definition) is 10. The quantitative estimate of drug-likeness (QED) is 0.0431. The first-order chi connectivity index (χ1) is 38.7. The van der Waals surface area contributed by atoms with Gasteiger partial charge < -0.3 is 35.7 Å². The topological polar surface area (TPSA) is 90.9 Å². The Morgan fingerprint density at radius 1 is 0.471 bits per heavy atom. The van der Waals surface area contributed by atoms with Gasteiger partial charge in [-0.1, -0.05) is 183 Å². The van der Waals surface area contributed by atoms with E-state index in [4.69, 9.17) is 35.7 Å². The van der Waals surface area contributed by atoms with Crippen LogP contribution in [0.5, 0.6) is 0 Å². The third kappa shape index (κ3) is 22.2. The molecule has 1 aliphatic carbocycles. The molecule has 0 unspecified atom stereocenters. The van der Waals surface area contributed by atoms with Crippen LogP contribution in [-0.4, -0.2) is 108 Å². The van der Waals surface area contributed by atoms with E-state index >= 15 is 0 Å². The second kappa shape index (κ2) is 29.5. The molecule has 1 aromatic heterocycles. The SMILES string of the molecule is CC(C)(C)[Si](C)(C)OC[C@H](O[Si](C)(C)C(C)(C)C)[C@@H](O[Si](C)(C)C(C)(C)C)[C@@H](COC(=O)CCCCCC[C@@H]1[C@@H](CC[C@@H](O[Si](C)(C)C(C)(C)C)c2cc3ccccc3s2)[C@@H](O[Si](C)(C)C(C)(C)C)C[C@@H]1O[Si](C)(C)C(C)(C)C)O[Si](C)(C)C(C)(C)C. The molecule has 0 bridgehead atoms. The van der Waals surface area contributed by atoms with Crippen molar-refractivity contribution in [2.24, 2.45) is 11.8 Å².